The maximum absolute atomic E-state index is 12.3. The Hall–Kier alpha value is -1.72. The van der Waals surface area contributed by atoms with E-state index in [2.05, 4.69) is 4.98 Å². The molecular weight excluding hydrogens is 206 g/mol. The van der Waals surface area contributed by atoms with Gasteiger partial charge in [-0.2, -0.15) is 0 Å². The van der Waals surface area contributed by atoms with Gasteiger partial charge < -0.3 is 10.8 Å². The lowest BCUT2D eigenvalue weighted by molar-refractivity contribution is -0.136. The Morgan fingerprint density at radius 3 is 2.67 bits per heavy atom. The zero-order chi connectivity index (χ0) is 11.6. The van der Waals surface area contributed by atoms with Gasteiger partial charge in [-0.05, 0) is 18.6 Å². The zero-order valence-electron chi connectivity index (χ0n) is 8.00. The maximum Gasteiger partial charge on any atom is 0.307 e. The molecule has 0 unspecified atom stereocenters. The lowest BCUT2D eigenvalue weighted by Crippen LogP contribution is -2.09. The normalized spacial score (nSPS) is 10.7. The highest BCUT2D eigenvalue weighted by Crippen LogP contribution is 2.23. The number of carboxylic acids is 1. The van der Waals surface area contributed by atoms with Crippen LogP contribution < -0.4 is 5.73 Å². The number of aryl methyl sites for hydroxylation is 1. The number of nitrogens with zero attached hydrogens (tertiary/aromatic N) is 1. The van der Waals surface area contributed by atoms with Gasteiger partial charge >= 0.3 is 5.97 Å². The molecule has 4 nitrogen and oxygen atoms in total. The van der Waals surface area contributed by atoms with Crippen molar-refractivity contribution in [1.82, 2.24) is 4.98 Å². The molecule has 0 radical (unpaired) electrons. The van der Waals surface area contributed by atoms with E-state index in [1.807, 2.05) is 0 Å². The number of nitrogens with two attached hydrogens (primary N) is 1. The first kappa shape index (κ1) is 11.4. The predicted molar refractivity (Wildman–Crippen MR) is 49.7 cm³/mol. The monoisotopic (exact) mass is 216 g/mol. The van der Waals surface area contributed by atoms with Crippen LogP contribution >= 0.6 is 0 Å². The van der Waals surface area contributed by atoms with Gasteiger partial charge in [-0.15, -0.1) is 0 Å². The number of nitrogen functional groups attached to an aromatic ring is 1. The van der Waals surface area contributed by atoms with E-state index in [4.69, 9.17) is 10.8 Å². The molecule has 1 rings (SSSR count). The molecular formula is C9H10F2N2O2. The molecule has 15 heavy (non-hydrogen) atoms. The Balaban J connectivity index is 3.15. The van der Waals surface area contributed by atoms with Crippen molar-refractivity contribution in [3.63, 3.8) is 0 Å². The third-order valence-corrected chi connectivity index (χ3v) is 1.95. The van der Waals surface area contributed by atoms with Crippen molar-refractivity contribution in [2.45, 2.75) is 19.8 Å². The molecule has 6 heteroatoms. The average Bonchev–Trinajstić information content (AvgIpc) is 2.10. The Labute approximate surface area is 84.7 Å². The van der Waals surface area contributed by atoms with Gasteiger partial charge in [-0.1, -0.05) is 0 Å². The number of rotatable bonds is 3. The van der Waals surface area contributed by atoms with Crippen LogP contribution in [0.3, 0.4) is 0 Å². The molecule has 0 aliphatic rings. The van der Waals surface area contributed by atoms with Crippen molar-refractivity contribution in [3.8, 4) is 0 Å². The second-order valence-corrected chi connectivity index (χ2v) is 3.10. The van der Waals surface area contributed by atoms with E-state index in [9.17, 15) is 13.6 Å². The summed E-state index contributed by atoms with van der Waals surface area (Å²) >= 11 is 0. The van der Waals surface area contributed by atoms with Gasteiger partial charge in [-0.25, -0.2) is 13.8 Å². The van der Waals surface area contributed by atoms with Gasteiger partial charge in [0.1, 0.15) is 11.5 Å². The van der Waals surface area contributed by atoms with Crippen LogP contribution in [0.25, 0.3) is 0 Å². The zero-order valence-corrected chi connectivity index (χ0v) is 8.00. The molecule has 1 aromatic rings. The summed E-state index contributed by atoms with van der Waals surface area (Å²) in [7, 11) is 0. The summed E-state index contributed by atoms with van der Waals surface area (Å²) in [6.07, 6.45) is -3.02. The molecule has 0 bridgehead atoms. The molecule has 82 valence electrons. The van der Waals surface area contributed by atoms with Crippen LogP contribution in [-0.4, -0.2) is 16.1 Å². The van der Waals surface area contributed by atoms with Crippen LogP contribution in [0.1, 0.15) is 23.2 Å². The summed E-state index contributed by atoms with van der Waals surface area (Å²) in [6, 6.07) is 1.15. The number of carbonyl (C=O) groups is 1. The fourth-order valence-electron chi connectivity index (χ4n) is 1.24. The van der Waals surface area contributed by atoms with Gasteiger partial charge in [-0.3, -0.25) is 4.79 Å². The second kappa shape index (κ2) is 4.20. The third kappa shape index (κ3) is 2.61. The van der Waals surface area contributed by atoms with Gasteiger partial charge in [0.15, 0.2) is 0 Å². The SMILES string of the molecule is Cc1cc(C(F)F)nc(N)c1CC(=O)O. The van der Waals surface area contributed by atoms with Crippen molar-refractivity contribution in [2.24, 2.45) is 0 Å². The van der Waals surface area contributed by atoms with E-state index in [0.717, 1.165) is 6.07 Å². The van der Waals surface area contributed by atoms with Crippen LogP contribution in [0.5, 0.6) is 0 Å². The minimum absolute atomic E-state index is 0.146. The topological polar surface area (TPSA) is 76.2 Å². The number of hydrogen-bond acceptors (Lipinski definition) is 3. The highest BCUT2D eigenvalue weighted by molar-refractivity contribution is 5.73. The molecule has 0 aromatic carbocycles. The summed E-state index contributed by atoms with van der Waals surface area (Å²) in [5.41, 5.74) is 5.67. The lowest BCUT2D eigenvalue weighted by Gasteiger charge is -2.08. The number of anilines is 1. The molecule has 0 atom stereocenters. The van der Waals surface area contributed by atoms with Crippen LogP contribution in [0, 0.1) is 6.92 Å². The van der Waals surface area contributed by atoms with Gasteiger partial charge in [0, 0.05) is 5.56 Å². The molecule has 3 N–H and O–H groups in total. The number of halogens is 2. The summed E-state index contributed by atoms with van der Waals surface area (Å²) in [5, 5.41) is 8.56. The van der Waals surface area contributed by atoms with Crippen molar-refractivity contribution in [3.05, 3.63) is 22.9 Å². The summed E-state index contributed by atoms with van der Waals surface area (Å²) in [6.45, 7) is 1.53. The number of pyridine rings is 1. The second-order valence-electron chi connectivity index (χ2n) is 3.10. The highest BCUT2D eigenvalue weighted by atomic mass is 19.3. The Kier molecular flexibility index (Phi) is 3.18. The molecule has 0 saturated carbocycles. The first-order valence-corrected chi connectivity index (χ1v) is 4.17. The van der Waals surface area contributed by atoms with Crippen molar-refractivity contribution in [2.75, 3.05) is 5.73 Å². The minimum atomic E-state index is -2.70. The van der Waals surface area contributed by atoms with Gasteiger partial charge in [0.2, 0.25) is 0 Å². The average molecular weight is 216 g/mol. The number of alkyl halides is 2. The Bertz CT molecular complexity index is 371. The van der Waals surface area contributed by atoms with Crippen LogP contribution in [0.15, 0.2) is 6.07 Å². The predicted octanol–water partition coefficient (Wildman–Crippen LogP) is 1.54. The molecule has 0 saturated heterocycles. The van der Waals surface area contributed by atoms with Crippen molar-refractivity contribution < 1.29 is 18.7 Å². The molecule has 0 spiro atoms. The fraction of sp³-hybridized carbons (Fsp3) is 0.333. The highest BCUT2D eigenvalue weighted by Gasteiger charge is 2.15. The minimum Gasteiger partial charge on any atom is -0.481 e. The van der Waals surface area contributed by atoms with E-state index in [-0.39, 0.29) is 17.8 Å². The van der Waals surface area contributed by atoms with Gasteiger partial charge in [0.25, 0.3) is 6.43 Å². The summed E-state index contributed by atoms with van der Waals surface area (Å²) < 4.78 is 24.6. The standard InChI is InChI=1S/C9H10F2N2O2/c1-4-2-6(8(10)11)13-9(12)5(4)3-7(14)15/h2,8H,3H2,1H3,(H2,12,13)(H,14,15). The fourth-order valence-corrected chi connectivity index (χ4v) is 1.24. The van der Waals surface area contributed by atoms with E-state index >= 15 is 0 Å². The quantitative estimate of drug-likeness (QED) is 0.803. The molecule has 0 aliphatic carbocycles. The van der Waals surface area contributed by atoms with Crippen LogP contribution in [-0.2, 0) is 11.2 Å². The largest absolute Gasteiger partial charge is 0.481 e. The maximum atomic E-state index is 12.3. The van der Waals surface area contributed by atoms with E-state index < -0.39 is 18.1 Å². The molecule has 0 aliphatic heterocycles. The Morgan fingerprint density at radius 1 is 1.67 bits per heavy atom. The van der Waals surface area contributed by atoms with Crippen molar-refractivity contribution >= 4 is 11.8 Å². The smallest absolute Gasteiger partial charge is 0.307 e. The molecule has 1 heterocycles. The van der Waals surface area contributed by atoms with E-state index in [1.165, 1.54) is 6.92 Å². The number of carboxylic acid groups (broad SMARTS) is 1. The number of aromatic nitrogens is 1. The summed E-state index contributed by atoms with van der Waals surface area (Å²) in [4.78, 5) is 13.9. The van der Waals surface area contributed by atoms with E-state index in [1.54, 1.807) is 0 Å². The molecule has 1 aromatic heterocycles. The van der Waals surface area contributed by atoms with Gasteiger partial charge in [0.05, 0.1) is 6.42 Å². The molecule has 0 amide bonds. The number of aliphatic carboxylic acids is 1. The lowest BCUT2D eigenvalue weighted by atomic mass is 10.1. The van der Waals surface area contributed by atoms with Crippen LogP contribution in [0.4, 0.5) is 14.6 Å². The first-order chi connectivity index (χ1) is 6.91. The van der Waals surface area contributed by atoms with Crippen LogP contribution in [0.2, 0.25) is 0 Å². The van der Waals surface area contributed by atoms with Crippen molar-refractivity contribution in [1.29, 1.82) is 0 Å². The number of hydrogen-bond donors (Lipinski definition) is 2. The first-order valence-electron chi connectivity index (χ1n) is 4.17. The third-order valence-electron chi connectivity index (χ3n) is 1.95. The Morgan fingerprint density at radius 2 is 2.27 bits per heavy atom. The molecule has 0 fully saturated rings. The summed E-state index contributed by atoms with van der Waals surface area (Å²) in [5.74, 6) is -1.22. The van der Waals surface area contributed by atoms with E-state index in [0.29, 0.717) is 5.56 Å².